The van der Waals surface area contributed by atoms with Crippen LogP contribution in [-0.4, -0.2) is 31.7 Å². The molecule has 2 aromatic rings. The van der Waals surface area contributed by atoms with Crippen LogP contribution in [0, 0.1) is 0 Å². The molecule has 2 heteroatoms. The van der Waals surface area contributed by atoms with E-state index in [0.29, 0.717) is 0 Å². The van der Waals surface area contributed by atoms with Crippen LogP contribution >= 0.6 is 0 Å². The van der Waals surface area contributed by atoms with E-state index >= 15 is 0 Å². The fraction of sp³-hybridized carbons (Fsp3) is 0.760. The molecule has 0 amide bonds. The van der Waals surface area contributed by atoms with Gasteiger partial charge in [-0.3, -0.25) is 0 Å². The Hall–Kier alpha value is -1.31. The van der Waals surface area contributed by atoms with Crippen molar-refractivity contribution in [3.63, 3.8) is 0 Å². The average Bonchev–Trinajstić information content (AvgIpc) is 3.15. The molecule has 0 aliphatic heterocycles. The van der Waals surface area contributed by atoms with Gasteiger partial charge in [0.1, 0.15) is 0 Å². The SMILES string of the molecule is CCCCCCCCC(CCCCCCCCC[N+](C)(C)CCCCCCCCCC(CCCCCCCC)c1ccccc1)c1ccccc1.[Cl-]. The first-order chi connectivity index (χ1) is 25.1. The first-order valence-corrected chi connectivity index (χ1v) is 23.0. The van der Waals surface area contributed by atoms with E-state index in [-0.39, 0.29) is 12.4 Å². The zero-order valence-corrected chi connectivity index (χ0v) is 36.1. The topological polar surface area (TPSA) is 0 Å². The number of hydrogen-bond donors (Lipinski definition) is 0. The van der Waals surface area contributed by atoms with E-state index < -0.39 is 0 Å². The van der Waals surface area contributed by atoms with Crippen LogP contribution in [0.1, 0.15) is 229 Å². The summed E-state index contributed by atoms with van der Waals surface area (Å²) in [6.07, 6.45) is 42.4. The van der Waals surface area contributed by atoms with Crippen LogP contribution in [0.15, 0.2) is 60.7 Å². The van der Waals surface area contributed by atoms with Crippen LogP contribution in [0.2, 0.25) is 0 Å². The Morgan fingerprint density at radius 3 is 0.885 bits per heavy atom. The Labute approximate surface area is 332 Å². The van der Waals surface area contributed by atoms with E-state index in [0.717, 1.165) is 11.8 Å². The second-order valence-corrected chi connectivity index (χ2v) is 17.2. The molecule has 300 valence electrons. The number of halogens is 1. The Morgan fingerprint density at radius 1 is 0.346 bits per heavy atom. The third kappa shape index (κ3) is 26.5. The monoisotopic (exact) mass is 738 g/mol. The normalized spacial score (nSPS) is 12.8. The minimum absolute atomic E-state index is 0. The van der Waals surface area contributed by atoms with Gasteiger partial charge in [0.25, 0.3) is 0 Å². The number of nitrogens with zero attached hydrogens (tertiary/aromatic N) is 1. The van der Waals surface area contributed by atoms with Gasteiger partial charge in [-0.25, -0.2) is 0 Å². The molecule has 0 heterocycles. The van der Waals surface area contributed by atoms with Gasteiger partial charge in [0.15, 0.2) is 0 Å². The minimum atomic E-state index is 0. The molecule has 0 spiro atoms. The lowest BCUT2D eigenvalue weighted by atomic mass is 9.88. The summed E-state index contributed by atoms with van der Waals surface area (Å²) in [6.45, 7) is 7.35. The van der Waals surface area contributed by atoms with Crippen molar-refractivity contribution in [3.8, 4) is 0 Å². The van der Waals surface area contributed by atoms with Crippen molar-refractivity contribution in [1.29, 1.82) is 0 Å². The van der Waals surface area contributed by atoms with Crippen molar-refractivity contribution in [2.75, 3.05) is 27.2 Å². The predicted molar refractivity (Wildman–Crippen MR) is 230 cm³/mol. The van der Waals surface area contributed by atoms with Gasteiger partial charge >= 0.3 is 0 Å². The lowest BCUT2D eigenvalue weighted by molar-refractivity contribution is -0.890. The Kier molecular flexibility index (Phi) is 32.0. The first-order valence-electron chi connectivity index (χ1n) is 23.0. The van der Waals surface area contributed by atoms with Gasteiger partial charge < -0.3 is 16.9 Å². The zero-order valence-electron chi connectivity index (χ0n) is 35.4. The van der Waals surface area contributed by atoms with E-state index in [2.05, 4.69) is 88.6 Å². The highest BCUT2D eigenvalue weighted by molar-refractivity contribution is 5.20. The van der Waals surface area contributed by atoms with Gasteiger partial charge in [-0.2, -0.15) is 0 Å². The second kappa shape index (κ2) is 34.2. The third-order valence-electron chi connectivity index (χ3n) is 12.0. The molecule has 2 unspecified atom stereocenters. The zero-order chi connectivity index (χ0) is 36.5. The summed E-state index contributed by atoms with van der Waals surface area (Å²) < 4.78 is 1.22. The van der Waals surface area contributed by atoms with Crippen LogP contribution in [0.3, 0.4) is 0 Å². The molecule has 2 aromatic carbocycles. The Balaban J connectivity index is 0.0000135. The van der Waals surface area contributed by atoms with Crippen molar-refractivity contribution in [3.05, 3.63) is 71.8 Å². The van der Waals surface area contributed by atoms with Gasteiger partial charge in [0, 0.05) is 0 Å². The molecule has 0 N–H and O–H groups in total. The Bertz CT molecular complexity index is 908. The lowest BCUT2D eigenvalue weighted by Gasteiger charge is -2.30. The molecule has 0 radical (unpaired) electrons. The largest absolute Gasteiger partial charge is 1.00 e. The summed E-state index contributed by atoms with van der Waals surface area (Å²) in [4.78, 5) is 0. The molecular weight excluding hydrogens is 650 g/mol. The fourth-order valence-corrected chi connectivity index (χ4v) is 8.49. The van der Waals surface area contributed by atoms with E-state index in [1.807, 2.05) is 0 Å². The molecule has 0 aliphatic rings. The maximum atomic E-state index is 2.47. The summed E-state index contributed by atoms with van der Waals surface area (Å²) >= 11 is 0. The first kappa shape index (κ1) is 48.7. The highest BCUT2D eigenvalue weighted by Crippen LogP contribution is 2.30. The van der Waals surface area contributed by atoms with E-state index in [9.17, 15) is 0 Å². The van der Waals surface area contributed by atoms with Crippen LogP contribution in [0.5, 0.6) is 0 Å². The van der Waals surface area contributed by atoms with Crippen LogP contribution in [-0.2, 0) is 0 Å². The van der Waals surface area contributed by atoms with Crippen molar-refractivity contribution in [1.82, 2.24) is 0 Å². The summed E-state index contributed by atoms with van der Waals surface area (Å²) in [7, 11) is 4.95. The molecule has 0 saturated carbocycles. The van der Waals surface area contributed by atoms with Gasteiger partial charge in [0.2, 0.25) is 0 Å². The second-order valence-electron chi connectivity index (χ2n) is 17.2. The van der Waals surface area contributed by atoms with Crippen LogP contribution < -0.4 is 12.4 Å². The molecule has 0 bridgehead atoms. The van der Waals surface area contributed by atoms with Crippen molar-refractivity contribution >= 4 is 0 Å². The van der Waals surface area contributed by atoms with Gasteiger partial charge in [0.05, 0.1) is 27.2 Å². The van der Waals surface area contributed by atoms with E-state index in [1.165, 1.54) is 210 Å². The lowest BCUT2D eigenvalue weighted by Crippen LogP contribution is -3.00. The molecule has 2 rings (SSSR count). The molecule has 1 nitrogen and oxygen atoms in total. The van der Waals surface area contributed by atoms with Crippen molar-refractivity contribution in [2.45, 2.75) is 218 Å². The van der Waals surface area contributed by atoms with E-state index in [1.54, 1.807) is 11.1 Å². The number of benzene rings is 2. The van der Waals surface area contributed by atoms with Crippen molar-refractivity contribution in [2.24, 2.45) is 0 Å². The number of rotatable bonds is 36. The van der Waals surface area contributed by atoms with Crippen LogP contribution in [0.25, 0.3) is 0 Å². The Morgan fingerprint density at radius 2 is 0.596 bits per heavy atom. The average molecular weight is 739 g/mol. The molecular formula is C50H88ClN. The third-order valence-corrected chi connectivity index (χ3v) is 12.0. The van der Waals surface area contributed by atoms with Gasteiger partial charge in [-0.05, 0) is 74.3 Å². The molecule has 52 heavy (non-hydrogen) atoms. The number of unbranched alkanes of at least 4 members (excludes halogenated alkanes) is 22. The van der Waals surface area contributed by atoms with Gasteiger partial charge in [-0.1, -0.05) is 216 Å². The molecule has 0 aliphatic carbocycles. The number of quaternary nitrogens is 1. The maximum Gasteiger partial charge on any atom is 0.0782 e. The molecule has 0 saturated heterocycles. The summed E-state index contributed by atoms with van der Waals surface area (Å²) in [5, 5.41) is 0. The summed E-state index contributed by atoms with van der Waals surface area (Å²) in [6, 6.07) is 22.8. The smallest absolute Gasteiger partial charge is 0.0782 e. The minimum Gasteiger partial charge on any atom is -1.00 e. The highest BCUT2D eigenvalue weighted by atomic mass is 35.5. The predicted octanol–water partition coefficient (Wildman–Crippen LogP) is 13.4. The number of hydrogen-bond acceptors (Lipinski definition) is 0. The maximum absolute atomic E-state index is 2.47. The molecule has 0 aromatic heterocycles. The summed E-state index contributed by atoms with van der Waals surface area (Å²) in [5.74, 6) is 1.56. The molecule has 2 atom stereocenters. The fourth-order valence-electron chi connectivity index (χ4n) is 8.49. The molecule has 0 fully saturated rings. The van der Waals surface area contributed by atoms with E-state index in [4.69, 9.17) is 0 Å². The standard InChI is InChI=1S/C50H88N.ClH/c1-5-7-9-11-19-27-37-47(49-41-31-25-32-42-49)39-29-21-15-13-17-23-35-45-51(3,4)46-36-24-18-14-16-22-30-40-48(50-43-33-26-34-44-50)38-28-20-12-10-8-6-2;/h25-26,31-34,41-44,47-48H,5-24,27-30,35-40,45-46H2,1-4H3;1H/q+1;/p-1. The van der Waals surface area contributed by atoms with Crippen LogP contribution in [0.4, 0.5) is 0 Å². The van der Waals surface area contributed by atoms with Gasteiger partial charge in [-0.15, -0.1) is 0 Å². The van der Waals surface area contributed by atoms with Crippen molar-refractivity contribution < 1.29 is 16.9 Å². The summed E-state index contributed by atoms with van der Waals surface area (Å²) in [5.41, 5.74) is 3.17. The highest BCUT2D eigenvalue weighted by Gasteiger charge is 2.15. The quantitative estimate of drug-likeness (QED) is 0.0482.